The molecule has 4 aliphatic rings. The van der Waals surface area contributed by atoms with Crippen molar-refractivity contribution < 1.29 is 19.1 Å². The monoisotopic (exact) mass is 423 g/mol. The summed E-state index contributed by atoms with van der Waals surface area (Å²) >= 11 is 0. The number of hydrogen-bond donors (Lipinski definition) is 2. The molecule has 1 aromatic rings. The van der Waals surface area contributed by atoms with Gasteiger partial charge < -0.3 is 15.4 Å². The molecule has 2 amide bonds. The van der Waals surface area contributed by atoms with Gasteiger partial charge >= 0.3 is 5.97 Å². The molecule has 4 fully saturated rings. The van der Waals surface area contributed by atoms with Crippen molar-refractivity contribution in [1.29, 1.82) is 5.26 Å². The molecule has 0 radical (unpaired) electrons. The Morgan fingerprint density at radius 1 is 1.13 bits per heavy atom. The van der Waals surface area contributed by atoms with Crippen molar-refractivity contribution in [2.75, 3.05) is 11.9 Å². The van der Waals surface area contributed by atoms with Crippen LogP contribution in [0.15, 0.2) is 24.3 Å². The molecule has 1 atom stereocenters. The largest absolute Gasteiger partial charge is 0.452 e. The molecule has 1 aromatic carbocycles. The molecule has 5 rings (SSSR count). The Hall–Kier alpha value is -2.88. The van der Waals surface area contributed by atoms with Gasteiger partial charge in [0.25, 0.3) is 5.91 Å². The number of nitrogens with zero attached hydrogens (tertiary/aromatic N) is 1. The SMILES string of the molecule is C[C@H](OC(=O)CCNC(=O)C12CC3CC(CC(C3)C1)C2)C(=O)Nc1ccccc1C#N. The number of esters is 1. The normalized spacial score (nSPS) is 29.0. The van der Waals surface area contributed by atoms with E-state index >= 15 is 0 Å². The van der Waals surface area contributed by atoms with Crippen molar-refractivity contribution in [3.05, 3.63) is 29.8 Å². The smallest absolute Gasteiger partial charge is 0.308 e. The Balaban J connectivity index is 1.22. The van der Waals surface area contributed by atoms with Crippen LogP contribution < -0.4 is 10.6 Å². The number of carbonyl (C=O) groups is 3. The first-order chi connectivity index (χ1) is 14.9. The molecular formula is C24H29N3O4. The number of para-hydroxylation sites is 1. The van der Waals surface area contributed by atoms with E-state index in [0.29, 0.717) is 29.0 Å². The van der Waals surface area contributed by atoms with E-state index in [1.54, 1.807) is 24.3 Å². The van der Waals surface area contributed by atoms with Crippen LogP contribution in [-0.2, 0) is 19.1 Å². The second-order valence-corrected chi connectivity index (χ2v) is 9.48. The molecule has 0 spiro atoms. The molecule has 2 N–H and O–H groups in total. The summed E-state index contributed by atoms with van der Waals surface area (Å²) in [5.74, 6) is 1.10. The Labute approximate surface area is 182 Å². The van der Waals surface area contributed by atoms with Crippen molar-refractivity contribution in [2.45, 2.75) is 58.0 Å². The lowest BCUT2D eigenvalue weighted by atomic mass is 9.49. The molecule has 0 unspecified atom stereocenters. The minimum atomic E-state index is -1.00. The average Bonchev–Trinajstić information content (AvgIpc) is 2.73. The lowest BCUT2D eigenvalue weighted by molar-refractivity contribution is -0.153. The van der Waals surface area contributed by atoms with Crippen LogP contribution in [0.2, 0.25) is 0 Å². The van der Waals surface area contributed by atoms with E-state index in [-0.39, 0.29) is 24.3 Å². The van der Waals surface area contributed by atoms with Gasteiger partial charge in [-0.15, -0.1) is 0 Å². The number of nitriles is 1. The first kappa shape index (κ1) is 21.4. The molecule has 4 aliphatic carbocycles. The lowest BCUT2D eigenvalue weighted by Crippen LogP contribution is -2.53. The Bertz CT molecular complexity index is 884. The first-order valence-electron chi connectivity index (χ1n) is 11.2. The highest BCUT2D eigenvalue weighted by Crippen LogP contribution is 2.60. The predicted molar refractivity (Wildman–Crippen MR) is 114 cm³/mol. The maximum Gasteiger partial charge on any atom is 0.308 e. The molecule has 4 bridgehead atoms. The van der Waals surface area contributed by atoms with Gasteiger partial charge in [0.15, 0.2) is 6.10 Å². The van der Waals surface area contributed by atoms with E-state index < -0.39 is 18.0 Å². The van der Waals surface area contributed by atoms with Crippen molar-refractivity contribution in [2.24, 2.45) is 23.2 Å². The lowest BCUT2D eigenvalue weighted by Gasteiger charge is -2.55. The highest BCUT2D eigenvalue weighted by molar-refractivity contribution is 5.96. The van der Waals surface area contributed by atoms with Crippen LogP contribution in [0.1, 0.15) is 57.4 Å². The van der Waals surface area contributed by atoms with Crippen LogP contribution in [0.5, 0.6) is 0 Å². The van der Waals surface area contributed by atoms with E-state index in [4.69, 9.17) is 10.00 Å². The quantitative estimate of drug-likeness (QED) is 0.655. The number of carbonyl (C=O) groups excluding carboxylic acids is 3. The summed E-state index contributed by atoms with van der Waals surface area (Å²) in [6.07, 6.45) is 5.79. The number of anilines is 1. The summed E-state index contributed by atoms with van der Waals surface area (Å²) in [5, 5.41) is 14.7. The minimum absolute atomic E-state index is 0.0184. The van der Waals surface area contributed by atoms with Crippen LogP contribution in [0.3, 0.4) is 0 Å². The first-order valence-corrected chi connectivity index (χ1v) is 11.2. The standard InChI is InChI=1S/C24H29N3O4/c1-15(22(29)27-20-5-3-2-4-19(20)14-25)31-21(28)6-7-26-23(30)24-11-16-8-17(12-24)10-18(9-16)13-24/h2-5,15-18H,6-13H2,1H3,(H,26,30)(H,27,29)/t15-,16?,17?,18?,24?/m0/s1. The number of ether oxygens (including phenoxy) is 1. The van der Waals surface area contributed by atoms with Crippen LogP contribution in [-0.4, -0.2) is 30.4 Å². The zero-order chi connectivity index (χ0) is 22.0. The minimum Gasteiger partial charge on any atom is -0.452 e. The van der Waals surface area contributed by atoms with Crippen molar-refractivity contribution in [3.8, 4) is 6.07 Å². The third-order valence-electron chi connectivity index (χ3n) is 7.12. The number of hydrogen-bond acceptors (Lipinski definition) is 5. The number of benzene rings is 1. The summed E-state index contributed by atoms with van der Waals surface area (Å²) in [4.78, 5) is 37.4. The van der Waals surface area contributed by atoms with Gasteiger partial charge in [0.05, 0.1) is 17.7 Å². The Morgan fingerprint density at radius 3 is 2.35 bits per heavy atom. The van der Waals surface area contributed by atoms with E-state index in [9.17, 15) is 14.4 Å². The summed E-state index contributed by atoms with van der Waals surface area (Å²) in [6, 6.07) is 8.63. The highest BCUT2D eigenvalue weighted by atomic mass is 16.5. The molecule has 0 aromatic heterocycles. The maximum absolute atomic E-state index is 12.9. The van der Waals surface area contributed by atoms with Crippen LogP contribution in [0, 0.1) is 34.5 Å². The summed E-state index contributed by atoms with van der Waals surface area (Å²) in [5.41, 5.74) is 0.475. The van der Waals surface area contributed by atoms with Gasteiger partial charge in [-0.25, -0.2) is 0 Å². The number of nitrogens with one attached hydrogen (secondary N) is 2. The molecule has 0 aliphatic heterocycles. The molecule has 7 heteroatoms. The molecule has 0 saturated heterocycles. The maximum atomic E-state index is 12.9. The molecule has 31 heavy (non-hydrogen) atoms. The van der Waals surface area contributed by atoms with Crippen molar-refractivity contribution >= 4 is 23.5 Å². The second-order valence-electron chi connectivity index (χ2n) is 9.48. The molecule has 4 saturated carbocycles. The van der Waals surface area contributed by atoms with Gasteiger partial charge in [0.2, 0.25) is 5.91 Å². The van der Waals surface area contributed by atoms with Gasteiger partial charge in [0, 0.05) is 12.0 Å². The van der Waals surface area contributed by atoms with Gasteiger partial charge in [0.1, 0.15) is 6.07 Å². The van der Waals surface area contributed by atoms with Crippen LogP contribution in [0.4, 0.5) is 5.69 Å². The zero-order valence-corrected chi connectivity index (χ0v) is 17.9. The molecule has 164 valence electrons. The summed E-state index contributed by atoms with van der Waals surface area (Å²) in [6.45, 7) is 1.70. The third kappa shape index (κ3) is 4.58. The third-order valence-corrected chi connectivity index (χ3v) is 7.12. The van der Waals surface area contributed by atoms with Crippen LogP contribution in [0.25, 0.3) is 0 Å². The van der Waals surface area contributed by atoms with E-state index in [1.807, 2.05) is 6.07 Å². The fraction of sp³-hybridized carbons (Fsp3) is 0.583. The van der Waals surface area contributed by atoms with Gasteiger partial charge in [-0.2, -0.15) is 5.26 Å². The number of amides is 2. The average molecular weight is 424 g/mol. The Morgan fingerprint density at radius 2 is 1.74 bits per heavy atom. The van der Waals surface area contributed by atoms with E-state index in [1.165, 1.54) is 26.2 Å². The highest BCUT2D eigenvalue weighted by Gasteiger charge is 2.54. The van der Waals surface area contributed by atoms with Crippen LogP contribution >= 0.6 is 0 Å². The summed E-state index contributed by atoms with van der Waals surface area (Å²) < 4.78 is 5.20. The van der Waals surface area contributed by atoms with E-state index in [0.717, 1.165) is 19.3 Å². The van der Waals surface area contributed by atoms with Gasteiger partial charge in [-0.1, -0.05) is 12.1 Å². The number of rotatable bonds is 7. The molecule has 0 heterocycles. The molecule has 7 nitrogen and oxygen atoms in total. The zero-order valence-electron chi connectivity index (χ0n) is 17.9. The van der Waals surface area contributed by atoms with Gasteiger partial charge in [-0.05, 0) is 75.3 Å². The Kier molecular flexibility index (Phi) is 5.99. The van der Waals surface area contributed by atoms with E-state index in [2.05, 4.69) is 10.6 Å². The van der Waals surface area contributed by atoms with Gasteiger partial charge in [-0.3, -0.25) is 14.4 Å². The fourth-order valence-electron chi connectivity index (χ4n) is 6.09. The van der Waals surface area contributed by atoms with Crippen molar-refractivity contribution in [3.63, 3.8) is 0 Å². The topological polar surface area (TPSA) is 108 Å². The second kappa shape index (κ2) is 8.70. The predicted octanol–water partition coefficient (Wildman–Crippen LogP) is 3.15. The van der Waals surface area contributed by atoms with Crippen molar-refractivity contribution in [1.82, 2.24) is 5.32 Å². The summed E-state index contributed by atoms with van der Waals surface area (Å²) in [7, 11) is 0. The fourth-order valence-corrected chi connectivity index (χ4v) is 6.09. The molecular weight excluding hydrogens is 394 g/mol.